The zero-order valence-electron chi connectivity index (χ0n) is 17.8. The summed E-state index contributed by atoms with van der Waals surface area (Å²) in [6.07, 6.45) is 1.15. The lowest BCUT2D eigenvalue weighted by molar-refractivity contribution is -0.131. The summed E-state index contributed by atoms with van der Waals surface area (Å²) in [7, 11) is 0. The molecule has 0 spiro atoms. The van der Waals surface area contributed by atoms with Crippen LogP contribution in [0.5, 0.6) is 0 Å². The molecule has 0 atom stereocenters. The molecular formula is C23H27N5O2. The van der Waals surface area contributed by atoms with E-state index in [0.717, 1.165) is 47.2 Å². The molecule has 1 fully saturated rings. The second kappa shape index (κ2) is 8.65. The standard InChI is InChI=1S/C23H27N5O2/c1-16-6-4-5-7-19(16)21-9-10-22(25-24-21)27-12-14-28(15-13-27)23(29)11-8-20-17(2)26-30-18(20)3/h4-7,9-10H,8,11-15H2,1-3H3. The Morgan fingerprint density at radius 1 is 1.00 bits per heavy atom. The van der Waals surface area contributed by atoms with Gasteiger partial charge >= 0.3 is 0 Å². The van der Waals surface area contributed by atoms with E-state index in [2.05, 4.69) is 39.3 Å². The molecule has 1 aliphatic heterocycles. The fourth-order valence-corrected chi connectivity index (χ4v) is 3.93. The summed E-state index contributed by atoms with van der Waals surface area (Å²) in [5.41, 5.74) is 5.09. The van der Waals surface area contributed by atoms with E-state index in [0.29, 0.717) is 25.9 Å². The maximum atomic E-state index is 12.6. The molecular weight excluding hydrogens is 378 g/mol. The molecule has 3 heterocycles. The monoisotopic (exact) mass is 405 g/mol. The molecule has 30 heavy (non-hydrogen) atoms. The minimum Gasteiger partial charge on any atom is -0.361 e. The number of piperazine rings is 1. The van der Waals surface area contributed by atoms with E-state index in [1.165, 1.54) is 5.56 Å². The van der Waals surface area contributed by atoms with E-state index in [4.69, 9.17) is 4.52 Å². The van der Waals surface area contributed by atoms with Crippen LogP contribution < -0.4 is 4.90 Å². The summed E-state index contributed by atoms with van der Waals surface area (Å²) in [5, 5.41) is 12.8. The van der Waals surface area contributed by atoms with Crippen LogP contribution in [0.15, 0.2) is 40.9 Å². The second-order valence-electron chi connectivity index (χ2n) is 7.76. The van der Waals surface area contributed by atoms with Crippen molar-refractivity contribution in [2.75, 3.05) is 31.1 Å². The average molecular weight is 406 g/mol. The van der Waals surface area contributed by atoms with Crippen LogP contribution in [0, 0.1) is 20.8 Å². The summed E-state index contributed by atoms with van der Waals surface area (Å²) in [6.45, 7) is 8.80. The van der Waals surface area contributed by atoms with Gasteiger partial charge in [-0.3, -0.25) is 4.79 Å². The maximum absolute atomic E-state index is 12.6. The topological polar surface area (TPSA) is 75.4 Å². The van der Waals surface area contributed by atoms with Gasteiger partial charge in [0.1, 0.15) is 5.76 Å². The molecule has 1 aromatic carbocycles. The van der Waals surface area contributed by atoms with Crippen LogP contribution in [0.4, 0.5) is 5.82 Å². The van der Waals surface area contributed by atoms with E-state index in [1.807, 2.05) is 43.0 Å². The Balaban J connectivity index is 1.32. The highest BCUT2D eigenvalue weighted by atomic mass is 16.5. The molecule has 0 N–H and O–H groups in total. The molecule has 1 amide bonds. The largest absolute Gasteiger partial charge is 0.361 e. The van der Waals surface area contributed by atoms with Gasteiger partial charge in [0.2, 0.25) is 5.91 Å². The number of amides is 1. The Morgan fingerprint density at radius 2 is 1.77 bits per heavy atom. The second-order valence-corrected chi connectivity index (χ2v) is 7.76. The maximum Gasteiger partial charge on any atom is 0.223 e. The quantitative estimate of drug-likeness (QED) is 0.648. The molecule has 7 heteroatoms. The molecule has 1 aliphatic rings. The van der Waals surface area contributed by atoms with Gasteiger partial charge in [-0.25, -0.2) is 0 Å². The molecule has 2 aromatic heterocycles. The predicted octanol–water partition coefficient (Wildman–Crippen LogP) is 3.34. The zero-order chi connectivity index (χ0) is 21.1. The minimum absolute atomic E-state index is 0.177. The van der Waals surface area contributed by atoms with Gasteiger partial charge in [0.15, 0.2) is 5.82 Å². The molecule has 0 radical (unpaired) electrons. The molecule has 7 nitrogen and oxygen atoms in total. The summed E-state index contributed by atoms with van der Waals surface area (Å²) in [6, 6.07) is 12.2. The molecule has 3 aromatic rings. The fourth-order valence-electron chi connectivity index (χ4n) is 3.93. The summed E-state index contributed by atoms with van der Waals surface area (Å²) < 4.78 is 5.18. The van der Waals surface area contributed by atoms with E-state index >= 15 is 0 Å². The fraction of sp³-hybridized carbons (Fsp3) is 0.391. The highest BCUT2D eigenvalue weighted by Gasteiger charge is 2.23. The van der Waals surface area contributed by atoms with Crippen molar-refractivity contribution in [3.05, 3.63) is 59.0 Å². The molecule has 0 bridgehead atoms. The summed E-state index contributed by atoms with van der Waals surface area (Å²) >= 11 is 0. The van der Waals surface area contributed by atoms with Gasteiger partial charge in [0.25, 0.3) is 0 Å². The molecule has 4 rings (SSSR count). The Kier molecular flexibility index (Phi) is 5.79. The van der Waals surface area contributed by atoms with E-state index in [9.17, 15) is 4.79 Å². The lowest BCUT2D eigenvalue weighted by atomic mass is 10.1. The number of hydrogen-bond donors (Lipinski definition) is 0. The third-order valence-corrected chi connectivity index (χ3v) is 5.80. The molecule has 0 unspecified atom stereocenters. The Hall–Kier alpha value is -3.22. The van der Waals surface area contributed by atoms with Gasteiger partial charge in [-0.05, 0) is 44.9 Å². The number of carbonyl (C=O) groups is 1. The van der Waals surface area contributed by atoms with Crippen LogP contribution in [-0.2, 0) is 11.2 Å². The first-order valence-corrected chi connectivity index (χ1v) is 10.4. The van der Waals surface area contributed by atoms with Gasteiger partial charge in [0, 0.05) is 43.7 Å². The SMILES string of the molecule is Cc1ccccc1-c1ccc(N2CCN(C(=O)CCc3c(C)noc3C)CC2)nn1. The van der Waals surface area contributed by atoms with E-state index < -0.39 is 0 Å². The Bertz CT molecular complexity index is 1000. The van der Waals surface area contributed by atoms with Crippen molar-refractivity contribution in [2.45, 2.75) is 33.6 Å². The smallest absolute Gasteiger partial charge is 0.223 e. The predicted molar refractivity (Wildman–Crippen MR) is 115 cm³/mol. The van der Waals surface area contributed by atoms with Gasteiger partial charge in [-0.1, -0.05) is 29.4 Å². The van der Waals surface area contributed by atoms with Gasteiger partial charge in [-0.2, -0.15) is 0 Å². The van der Waals surface area contributed by atoms with E-state index in [1.54, 1.807) is 0 Å². The van der Waals surface area contributed by atoms with Crippen LogP contribution in [0.2, 0.25) is 0 Å². The van der Waals surface area contributed by atoms with Crippen molar-refractivity contribution in [3.8, 4) is 11.3 Å². The minimum atomic E-state index is 0.177. The van der Waals surface area contributed by atoms with Crippen molar-refractivity contribution in [2.24, 2.45) is 0 Å². The summed E-state index contributed by atoms with van der Waals surface area (Å²) in [5.74, 6) is 1.84. The third kappa shape index (κ3) is 4.20. The average Bonchev–Trinajstić information content (AvgIpc) is 3.10. The molecule has 0 saturated carbocycles. The molecule has 156 valence electrons. The van der Waals surface area contributed by atoms with Crippen LogP contribution >= 0.6 is 0 Å². The lowest BCUT2D eigenvalue weighted by Crippen LogP contribution is -2.49. The lowest BCUT2D eigenvalue weighted by Gasteiger charge is -2.35. The van der Waals surface area contributed by atoms with Crippen molar-refractivity contribution in [1.29, 1.82) is 0 Å². The third-order valence-electron chi connectivity index (χ3n) is 5.80. The van der Waals surface area contributed by atoms with Crippen molar-refractivity contribution >= 4 is 11.7 Å². The zero-order valence-corrected chi connectivity index (χ0v) is 17.8. The van der Waals surface area contributed by atoms with Gasteiger partial charge in [0.05, 0.1) is 11.4 Å². The number of aromatic nitrogens is 3. The number of carbonyl (C=O) groups excluding carboxylic acids is 1. The number of nitrogens with zero attached hydrogens (tertiary/aromatic N) is 5. The van der Waals surface area contributed by atoms with Gasteiger partial charge < -0.3 is 14.3 Å². The van der Waals surface area contributed by atoms with Crippen LogP contribution in [0.3, 0.4) is 0 Å². The molecule has 1 saturated heterocycles. The Labute approximate surface area is 176 Å². The first kappa shape index (κ1) is 20.1. The first-order chi connectivity index (χ1) is 14.5. The number of hydrogen-bond acceptors (Lipinski definition) is 6. The Morgan fingerprint density at radius 3 is 2.40 bits per heavy atom. The number of aryl methyl sites for hydroxylation is 3. The molecule has 0 aliphatic carbocycles. The number of anilines is 1. The van der Waals surface area contributed by atoms with Crippen LogP contribution in [0.25, 0.3) is 11.3 Å². The summed E-state index contributed by atoms with van der Waals surface area (Å²) in [4.78, 5) is 16.7. The first-order valence-electron chi connectivity index (χ1n) is 10.4. The number of rotatable bonds is 5. The normalized spacial score (nSPS) is 14.2. The van der Waals surface area contributed by atoms with Crippen molar-refractivity contribution in [3.63, 3.8) is 0 Å². The highest BCUT2D eigenvalue weighted by molar-refractivity contribution is 5.77. The van der Waals surface area contributed by atoms with Gasteiger partial charge in [-0.15, -0.1) is 10.2 Å². The van der Waals surface area contributed by atoms with Crippen LogP contribution in [0.1, 0.15) is 29.0 Å². The van der Waals surface area contributed by atoms with Crippen molar-refractivity contribution < 1.29 is 9.32 Å². The van der Waals surface area contributed by atoms with Crippen molar-refractivity contribution in [1.82, 2.24) is 20.3 Å². The number of benzene rings is 1. The van der Waals surface area contributed by atoms with Crippen LogP contribution in [-0.4, -0.2) is 52.3 Å². The van der Waals surface area contributed by atoms with E-state index in [-0.39, 0.29) is 5.91 Å². The highest BCUT2D eigenvalue weighted by Crippen LogP contribution is 2.22.